The fourth-order valence-corrected chi connectivity index (χ4v) is 1.62. The average Bonchev–Trinajstić information content (AvgIpc) is 2.30. The minimum Gasteiger partial charge on any atom is -0.478 e. The van der Waals surface area contributed by atoms with E-state index in [0.29, 0.717) is 0 Å². The van der Waals surface area contributed by atoms with E-state index in [2.05, 4.69) is 5.16 Å². The molecule has 0 saturated heterocycles. The van der Waals surface area contributed by atoms with E-state index in [0.717, 1.165) is 37.5 Å². The molecule has 1 aliphatic rings. The quantitative estimate of drug-likeness (QED) is 0.263. The van der Waals surface area contributed by atoms with Gasteiger partial charge in [-0.15, -0.1) is 11.6 Å². The van der Waals surface area contributed by atoms with Gasteiger partial charge < -0.3 is 10.3 Å². The normalized spacial score (nSPS) is 22.7. The second-order valence-corrected chi connectivity index (χ2v) is 4.05. The predicted octanol–water partition coefficient (Wildman–Crippen LogP) is 3.20. The molecule has 4 nitrogen and oxygen atoms in total. The number of allylic oxidation sites excluding steroid dienone is 3. The Morgan fingerprint density at radius 1 is 1.47 bits per heavy atom. The highest BCUT2D eigenvalue weighted by Gasteiger charge is 2.17. The van der Waals surface area contributed by atoms with Gasteiger partial charge in [-0.1, -0.05) is 29.8 Å². The van der Waals surface area contributed by atoms with E-state index in [1.165, 1.54) is 6.08 Å². The van der Waals surface area contributed by atoms with Crippen molar-refractivity contribution < 1.29 is 15.1 Å². The number of alkyl halides is 1. The van der Waals surface area contributed by atoms with Crippen LogP contribution in [0.3, 0.4) is 0 Å². The van der Waals surface area contributed by atoms with Gasteiger partial charge >= 0.3 is 5.97 Å². The van der Waals surface area contributed by atoms with E-state index in [9.17, 15) is 4.79 Å². The van der Waals surface area contributed by atoms with Crippen molar-refractivity contribution >= 4 is 23.3 Å². The van der Waals surface area contributed by atoms with Crippen LogP contribution < -0.4 is 0 Å². The second kappa shape index (κ2) is 9.90. The first-order valence-electron chi connectivity index (χ1n) is 5.49. The van der Waals surface area contributed by atoms with Gasteiger partial charge in [0.15, 0.2) is 0 Å². The Morgan fingerprint density at radius 2 is 2.18 bits per heavy atom. The van der Waals surface area contributed by atoms with Crippen LogP contribution in [0, 0.1) is 0 Å². The van der Waals surface area contributed by atoms with Crippen molar-refractivity contribution in [2.75, 3.05) is 0 Å². The largest absolute Gasteiger partial charge is 0.478 e. The van der Waals surface area contributed by atoms with Gasteiger partial charge in [-0.25, -0.2) is 4.79 Å². The van der Waals surface area contributed by atoms with E-state index in [-0.39, 0.29) is 5.38 Å². The molecule has 5 heteroatoms. The van der Waals surface area contributed by atoms with Gasteiger partial charge in [-0.2, -0.15) is 0 Å². The summed E-state index contributed by atoms with van der Waals surface area (Å²) in [7, 11) is 0. The van der Waals surface area contributed by atoms with Crippen LogP contribution >= 0.6 is 11.6 Å². The number of carboxylic acid groups (broad SMARTS) is 1. The van der Waals surface area contributed by atoms with Crippen LogP contribution in [-0.2, 0) is 4.79 Å². The first-order chi connectivity index (χ1) is 8.11. The fourth-order valence-electron chi connectivity index (χ4n) is 1.31. The highest BCUT2D eigenvalue weighted by atomic mass is 35.5. The fraction of sp³-hybridized carbons (Fsp3) is 0.500. The zero-order valence-electron chi connectivity index (χ0n) is 9.84. The van der Waals surface area contributed by atoms with Gasteiger partial charge in [0.2, 0.25) is 0 Å². The molecule has 0 heterocycles. The van der Waals surface area contributed by atoms with Gasteiger partial charge in [0.25, 0.3) is 0 Å². The SMILES string of the molecule is C/C=C/C=C/C(=O)O.O/N=C1/CCCCC1Cl. The van der Waals surface area contributed by atoms with Crippen molar-refractivity contribution in [2.24, 2.45) is 5.16 Å². The Morgan fingerprint density at radius 3 is 2.59 bits per heavy atom. The van der Waals surface area contributed by atoms with Crippen molar-refractivity contribution in [3.05, 3.63) is 24.3 Å². The molecule has 17 heavy (non-hydrogen) atoms. The maximum Gasteiger partial charge on any atom is 0.328 e. The molecule has 0 aromatic carbocycles. The Balaban J connectivity index is 0.000000304. The summed E-state index contributed by atoms with van der Waals surface area (Å²) in [5.41, 5.74) is 0.753. The predicted molar refractivity (Wildman–Crippen MR) is 68.9 cm³/mol. The molecule has 0 aromatic rings. The van der Waals surface area contributed by atoms with E-state index in [1.807, 2.05) is 6.92 Å². The zero-order chi connectivity index (χ0) is 13.1. The van der Waals surface area contributed by atoms with E-state index < -0.39 is 5.97 Å². The molecule has 0 radical (unpaired) electrons. The highest BCUT2D eigenvalue weighted by molar-refractivity contribution is 6.32. The molecular weight excluding hydrogens is 242 g/mol. The third-order valence-electron chi connectivity index (χ3n) is 2.17. The number of nitrogens with zero attached hydrogens (tertiary/aromatic N) is 1. The van der Waals surface area contributed by atoms with E-state index in [4.69, 9.17) is 21.9 Å². The molecule has 0 amide bonds. The van der Waals surface area contributed by atoms with Crippen molar-refractivity contribution in [1.82, 2.24) is 0 Å². The minimum atomic E-state index is -0.914. The monoisotopic (exact) mass is 259 g/mol. The summed E-state index contributed by atoms with van der Waals surface area (Å²) in [4.78, 5) is 9.75. The van der Waals surface area contributed by atoms with Crippen LogP contribution in [-0.4, -0.2) is 27.4 Å². The molecule has 0 aromatic heterocycles. The standard InChI is InChI=1S/C6H10ClNO.C6H8O2/c7-5-3-1-2-4-6(5)8-9;1-2-3-4-5-6(7)8/h5,9H,1-4H2;2-5H,1H3,(H,7,8)/b8-6-;3-2+,5-4+. The first-order valence-corrected chi connectivity index (χ1v) is 5.92. The van der Waals surface area contributed by atoms with Gasteiger partial charge in [-0.3, -0.25) is 0 Å². The first kappa shape index (κ1) is 15.7. The molecule has 1 aliphatic carbocycles. The molecule has 1 fully saturated rings. The number of hydrogen-bond acceptors (Lipinski definition) is 3. The zero-order valence-corrected chi connectivity index (χ0v) is 10.6. The number of halogens is 1. The van der Waals surface area contributed by atoms with E-state index >= 15 is 0 Å². The molecular formula is C12H18ClNO3. The highest BCUT2D eigenvalue weighted by Crippen LogP contribution is 2.19. The van der Waals surface area contributed by atoms with Gasteiger partial charge in [0.1, 0.15) is 0 Å². The summed E-state index contributed by atoms with van der Waals surface area (Å²) < 4.78 is 0. The lowest BCUT2D eigenvalue weighted by atomic mass is 9.98. The lowest BCUT2D eigenvalue weighted by molar-refractivity contribution is -0.131. The number of hydrogen-bond donors (Lipinski definition) is 2. The average molecular weight is 260 g/mol. The smallest absolute Gasteiger partial charge is 0.328 e. The summed E-state index contributed by atoms with van der Waals surface area (Å²) in [5.74, 6) is -0.914. The number of carbonyl (C=O) groups is 1. The molecule has 1 unspecified atom stereocenters. The minimum absolute atomic E-state index is 0.0104. The van der Waals surface area contributed by atoms with Crippen LogP contribution in [0.25, 0.3) is 0 Å². The Hall–Kier alpha value is -1.29. The number of oxime groups is 1. The summed E-state index contributed by atoms with van der Waals surface area (Å²) in [6.07, 6.45) is 10.1. The third-order valence-corrected chi connectivity index (χ3v) is 2.64. The van der Waals surface area contributed by atoms with Crippen LogP contribution in [0.1, 0.15) is 32.6 Å². The number of rotatable bonds is 2. The molecule has 1 saturated carbocycles. The Labute approximate surface area is 106 Å². The Bertz CT molecular complexity index is 311. The summed E-state index contributed by atoms with van der Waals surface area (Å²) >= 11 is 5.79. The number of aliphatic carboxylic acids is 1. The van der Waals surface area contributed by atoms with Crippen molar-refractivity contribution in [2.45, 2.75) is 38.0 Å². The van der Waals surface area contributed by atoms with Gasteiger partial charge in [0.05, 0.1) is 11.1 Å². The summed E-state index contributed by atoms with van der Waals surface area (Å²) in [5, 5.41) is 19.5. The lowest BCUT2D eigenvalue weighted by Gasteiger charge is -2.15. The topological polar surface area (TPSA) is 69.9 Å². The second-order valence-electron chi connectivity index (χ2n) is 3.53. The van der Waals surface area contributed by atoms with Gasteiger partial charge in [-0.05, 0) is 26.2 Å². The van der Waals surface area contributed by atoms with Gasteiger partial charge in [0, 0.05) is 6.08 Å². The van der Waals surface area contributed by atoms with Crippen LogP contribution in [0.4, 0.5) is 0 Å². The maximum absolute atomic E-state index is 9.75. The van der Waals surface area contributed by atoms with Crippen LogP contribution in [0.5, 0.6) is 0 Å². The molecule has 1 rings (SSSR count). The van der Waals surface area contributed by atoms with Crippen molar-refractivity contribution in [1.29, 1.82) is 0 Å². The third kappa shape index (κ3) is 8.51. The molecule has 96 valence electrons. The number of carboxylic acids is 1. The summed E-state index contributed by atoms with van der Waals surface area (Å²) in [6.45, 7) is 1.83. The Kier molecular flexibility index (Phi) is 9.15. The van der Waals surface area contributed by atoms with Crippen molar-refractivity contribution in [3.63, 3.8) is 0 Å². The molecule has 0 aliphatic heterocycles. The lowest BCUT2D eigenvalue weighted by Crippen LogP contribution is -2.18. The van der Waals surface area contributed by atoms with Crippen molar-refractivity contribution in [3.8, 4) is 0 Å². The molecule has 0 spiro atoms. The van der Waals surface area contributed by atoms with E-state index in [1.54, 1.807) is 12.2 Å². The molecule has 0 bridgehead atoms. The maximum atomic E-state index is 9.75. The molecule has 1 atom stereocenters. The van der Waals surface area contributed by atoms with Crippen LogP contribution in [0.2, 0.25) is 0 Å². The molecule has 2 N–H and O–H groups in total. The summed E-state index contributed by atoms with van der Waals surface area (Å²) in [6, 6.07) is 0. The van der Waals surface area contributed by atoms with Crippen LogP contribution in [0.15, 0.2) is 29.5 Å².